The molecular formula is C18H21N3O2. The highest BCUT2D eigenvalue weighted by Crippen LogP contribution is 2.20. The van der Waals surface area contributed by atoms with Crippen LogP contribution < -0.4 is 10.6 Å². The first-order valence-electron chi connectivity index (χ1n) is 7.37. The van der Waals surface area contributed by atoms with E-state index in [1.54, 1.807) is 24.3 Å². The molecule has 0 saturated carbocycles. The van der Waals surface area contributed by atoms with E-state index in [9.17, 15) is 9.59 Å². The minimum atomic E-state index is -0.531. The molecule has 0 heterocycles. The van der Waals surface area contributed by atoms with Crippen molar-refractivity contribution in [1.29, 1.82) is 0 Å². The Kier molecular flexibility index (Phi) is 5.36. The number of benzene rings is 2. The van der Waals surface area contributed by atoms with Crippen molar-refractivity contribution in [1.82, 2.24) is 4.90 Å². The molecule has 0 aliphatic heterocycles. The van der Waals surface area contributed by atoms with E-state index in [-0.39, 0.29) is 12.5 Å². The summed E-state index contributed by atoms with van der Waals surface area (Å²) >= 11 is 0. The van der Waals surface area contributed by atoms with Gasteiger partial charge in [0, 0.05) is 31.9 Å². The van der Waals surface area contributed by atoms with E-state index in [1.807, 2.05) is 49.3 Å². The number of para-hydroxylation sites is 1. The van der Waals surface area contributed by atoms with Crippen LogP contribution in [-0.4, -0.2) is 37.4 Å². The highest BCUT2D eigenvalue weighted by atomic mass is 16.2. The maximum Gasteiger partial charge on any atom is 0.254 e. The quantitative estimate of drug-likeness (QED) is 0.886. The van der Waals surface area contributed by atoms with Gasteiger partial charge in [0.15, 0.2) is 0 Å². The van der Waals surface area contributed by atoms with Gasteiger partial charge in [-0.1, -0.05) is 36.4 Å². The van der Waals surface area contributed by atoms with Crippen molar-refractivity contribution in [2.24, 2.45) is 5.73 Å². The lowest BCUT2D eigenvalue weighted by molar-refractivity contribution is -0.118. The summed E-state index contributed by atoms with van der Waals surface area (Å²) in [5.74, 6) is -0.741. The Morgan fingerprint density at radius 3 is 2.17 bits per heavy atom. The molecule has 0 unspecified atom stereocenters. The molecule has 5 nitrogen and oxygen atoms in total. The first kappa shape index (κ1) is 16.5. The minimum Gasteiger partial charge on any atom is -0.377 e. The van der Waals surface area contributed by atoms with Crippen LogP contribution in [0.25, 0.3) is 0 Å². The molecule has 2 rings (SSSR count). The fourth-order valence-corrected chi connectivity index (χ4v) is 2.44. The molecule has 0 aliphatic rings. The topological polar surface area (TPSA) is 66.6 Å². The summed E-state index contributed by atoms with van der Waals surface area (Å²) in [6.45, 7) is 0.209. The van der Waals surface area contributed by atoms with Crippen LogP contribution in [0.3, 0.4) is 0 Å². The highest BCUT2D eigenvalue weighted by molar-refractivity contribution is 5.96. The van der Waals surface area contributed by atoms with Gasteiger partial charge in [-0.05, 0) is 23.8 Å². The summed E-state index contributed by atoms with van der Waals surface area (Å²) < 4.78 is 0. The highest BCUT2D eigenvalue weighted by Gasteiger charge is 2.19. The van der Waals surface area contributed by atoms with E-state index >= 15 is 0 Å². The maximum atomic E-state index is 12.7. The van der Waals surface area contributed by atoms with Gasteiger partial charge in [-0.25, -0.2) is 0 Å². The van der Waals surface area contributed by atoms with Gasteiger partial charge in [0.05, 0.1) is 6.54 Å². The lowest BCUT2D eigenvalue weighted by atomic mass is 10.1. The Balaban J connectivity index is 2.30. The monoisotopic (exact) mass is 311 g/mol. The first-order chi connectivity index (χ1) is 11.0. The van der Waals surface area contributed by atoms with Crippen LogP contribution in [0.15, 0.2) is 54.6 Å². The molecule has 2 aromatic carbocycles. The zero-order chi connectivity index (χ0) is 16.8. The SMILES string of the molecule is CN(C)c1ccccc1CN(CC(N)=O)C(=O)c1ccccc1. The number of anilines is 1. The fraction of sp³-hybridized carbons (Fsp3) is 0.222. The van der Waals surface area contributed by atoms with Gasteiger partial charge in [0.1, 0.15) is 0 Å². The normalized spacial score (nSPS) is 10.2. The average molecular weight is 311 g/mol. The Hall–Kier alpha value is -2.82. The van der Waals surface area contributed by atoms with Crippen LogP contribution in [0.2, 0.25) is 0 Å². The molecular weight excluding hydrogens is 290 g/mol. The van der Waals surface area contributed by atoms with E-state index in [1.165, 1.54) is 4.90 Å². The van der Waals surface area contributed by atoms with Crippen molar-refractivity contribution < 1.29 is 9.59 Å². The molecule has 0 fully saturated rings. The average Bonchev–Trinajstić information content (AvgIpc) is 2.54. The number of primary amides is 1. The Morgan fingerprint density at radius 1 is 0.957 bits per heavy atom. The van der Waals surface area contributed by atoms with Crippen LogP contribution in [0, 0.1) is 0 Å². The standard InChI is InChI=1S/C18H21N3O2/c1-20(2)16-11-7-6-10-15(16)12-21(13-17(19)22)18(23)14-8-4-3-5-9-14/h3-11H,12-13H2,1-2H3,(H2,19,22). The van der Waals surface area contributed by atoms with Crippen LogP contribution in [0.4, 0.5) is 5.69 Å². The van der Waals surface area contributed by atoms with E-state index in [0.717, 1.165) is 11.3 Å². The number of carbonyl (C=O) groups excluding carboxylic acids is 2. The third-order valence-electron chi connectivity index (χ3n) is 3.49. The van der Waals surface area contributed by atoms with E-state index < -0.39 is 5.91 Å². The Labute approximate surface area is 136 Å². The zero-order valence-corrected chi connectivity index (χ0v) is 13.4. The number of nitrogens with zero attached hydrogens (tertiary/aromatic N) is 2. The molecule has 5 heteroatoms. The molecule has 0 radical (unpaired) electrons. The van der Waals surface area contributed by atoms with Gasteiger partial charge in [-0.15, -0.1) is 0 Å². The predicted octanol–water partition coefficient (Wildman–Crippen LogP) is 1.88. The van der Waals surface area contributed by atoms with Crippen molar-refractivity contribution in [3.63, 3.8) is 0 Å². The van der Waals surface area contributed by atoms with Crippen LogP contribution in [0.5, 0.6) is 0 Å². The third-order valence-corrected chi connectivity index (χ3v) is 3.49. The van der Waals surface area contributed by atoms with Crippen molar-refractivity contribution >= 4 is 17.5 Å². The number of carbonyl (C=O) groups is 2. The van der Waals surface area contributed by atoms with Crippen molar-refractivity contribution in [3.05, 3.63) is 65.7 Å². The summed E-state index contributed by atoms with van der Waals surface area (Å²) in [4.78, 5) is 27.5. The summed E-state index contributed by atoms with van der Waals surface area (Å²) in [5, 5.41) is 0. The smallest absolute Gasteiger partial charge is 0.254 e. The number of nitrogens with two attached hydrogens (primary N) is 1. The van der Waals surface area contributed by atoms with Gasteiger partial charge in [0.25, 0.3) is 5.91 Å². The molecule has 23 heavy (non-hydrogen) atoms. The summed E-state index contributed by atoms with van der Waals surface area (Å²) in [5.41, 5.74) is 7.82. The largest absolute Gasteiger partial charge is 0.377 e. The second kappa shape index (κ2) is 7.45. The maximum absolute atomic E-state index is 12.7. The van der Waals surface area contributed by atoms with E-state index in [2.05, 4.69) is 0 Å². The first-order valence-corrected chi connectivity index (χ1v) is 7.37. The molecule has 2 aromatic rings. The third kappa shape index (κ3) is 4.32. The summed E-state index contributed by atoms with van der Waals surface area (Å²) in [7, 11) is 3.88. The second-order valence-electron chi connectivity index (χ2n) is 5.52. The summed E-state index contributed by atoms with van der Waals surface area (Å²) in [6.07, 6.45) is 0. The van der Waals surface area contributed by atoms with Gasteiger partial charge in [-0.3, -0.25) is 9.59 Å². The second-order valence-corrected chi connectivity index (χ2v) is 5.52. The molecule has 2 amide bonds. The zero-order valence-electron chi connectivity index (χ0n) is 13.4. The molecule has 0 atom stereocenters. The number of amides is 2. The molecule has 0 aliphatic carbocycles. The molecule has 0 aromatic heterocycles. The lowest BCUT2D eigenvalue weighted by Gasteiger charge is -2.24. The van der Waals surface area contributed by atoms with Crippen LogP contribution in [0.1, 0.15) is 15.9 Å². The van der Waals surface area contributed by atoms with Crippen molar-refractivity contribution in [2.75, 3.05) is 25.5 Å². The Morgan fingerprint density at radius 2 is 1.57 bits per heavy atom. The minimum absolute atomic E-state index is 0.116. The van der Waals surface area contributed by atoms with Gasteiger partial charge in [-0.2, -0.15) is 0 Å². The van der Waals surface area contributed by atoms with Gasteiger partial charge < -0.3 is 15.5 Å². The number of hydrogen-bond donors (Lipinski definition) is 1. The fourth-order valence-electron chi connectivity index (χ4n) is 2.44. The molecule has 0 bridgehead atoms. The van der Waals surface area contributed by atoms with E-state index in [4.69, 9.17) is 5.73 Å². The van der Waals surface area contributed by atoms with Crippen LogP contribution in [-0.2, 0) is 11.3 Å². The van der Waals surface area contributed by atoms with Crippen molar-refractivity contribution in [2.45, 2.75) is 6.54 Å². The molecule has 2 N–H and O–H groups in total. The predicted molar refractivity (Wildman–Crippen MR) is 91.1 cm³/mol. The van der Waals surface area contributed by atoms with Crippen LogP contribution >= 0.6 is 0 Å². The van der Waals surface area contributed by atoms with Gasteiger partial charge >= 0.3 is 0 Å². The molecule has 0 spiro atoms. The lowest BCUT2D eigenvalue weighted by Crippen LogP contribution is -2.38. The molecule has 0 saturated heterocycles. The summed E-state index contributed by atoms with van der Waals surface area (Å²) in [6, 6.07) is 16.7. The Bertz CT molecular complexity index is 684. The number of rotatable bonds is 6. The van der Waals surface area contributed by atoms with E-state index in [0.29, 0.717) is 12.1 Å². The molecule has 120 valence electrons. The van der Waals surface area contributed by atoms with Gasteiger partial charge in [0.2, 0.25) is 5.91 Å². The number of hydrogen-bond acceptors (Lipinski definition) is 3. The van der Waals surface area contributed by atoms with Crippen molar-refractivity contribution in [3.8, 4) is 0 Å².